The van der Waals surface area contributed by atoms with Crippen molar-refractivity contribution in [1.29, 1.82) is 0 Å². The maximum atomic E-state index is 5.51. The highest BCUT2D eigenvalue weighted by molar-refractivity contribution is 7.22. The number of benzene rings is 1. The predicted octanol–water partition coefficient (Wildman–Crippen LogP) is 3.72. The maximum Gasteiger partial charge on any atom is 0.186 e. The lowest BCUT2D eigenvalue weighted by atomic mass is 10.3. The molecule has 2 aromatic rings. The molecule has 0 amide bonds. The molecular weight excluding hydrogens is 268 g/mol. The lowest BCUT2D eigenvalue weighted by Gasteiger charge is -2.11. The van der Waals surface area contributed by atoms with Gasteiger partial charge in [0.05, 0.1) is 16.8 Å². The van der Waals surface area contributed by atoms with Crippen LogP contribution >= 0.6 is 23.7 Å². The Kier molecular flexibility index (Phi) is 4.30. The van der Waals surface area contributed by atoms with Crippen LogP contribution < -0.4 is 9.64 Å². The van der Waals surface area contributed by atoms with Crippen LogP contribution in [0.4, 0.5) is 5.13 Å². The topological polar surface area (TPSA) is 25.4 Å². The Hall–Kier alpha value is -1.00. The van der Waals surface area contributed by atoms with Gasteiger partial charge in [-0.05, 0) is 38.0 Å². The smallest absolute Gasteiger partial charge is 0.186 e. The first-order valence-corrected chi connectivity index (χ1v) is 6.97. The monoisotopic (exact) mass is 284 g/mol. The standard InChI is InChI=1S/C13H16N2OS.ClH/c1-2-16-10-5-6-11-12(9-10)17-13(14-11)15-7-3-4-8-15;/h5-6,9H,2-4,7-8H2,1H3;1H. The van der Waals surface area contributed by atoms with Crippen LogP contribution in [-0.2, 0) is 0 Å². The van der Waals surface area contributed by atoms with Crippen molar-refractivity contribution in [2.45, 2.75) is 19.8 Å². The number of aromatic nitrogens is 1. The molecule has 1 fully saturated rings. The van der Waals surface area contributed by atoms with Gasteiger partial charge in [0.1, 0.15) is 5.75 Å². The summed E-state index contributed by atoms with van der Waals surface area (Å²) in [5.41, 5.74) is 1.08. The maximum absolute atomic E-state index is 5.51. The van der Waals surface area contributed by atoms with E-state index < -0.39 is 0 Å². The summed E-state index contributed by atoms with van der Waals surface area (Å²) in [6, 6.07) is 6.14. The normalized spacial score (nSPS) is 14.8. The average Bonchev–Trinajstić information content (AvgIpc) is 2.97. The quantitative estimate of drug-likeness (QED) is 0.859. The molecule has 5 heteroatoms. The van der Waals surface area contributed by atoms with E-state index in [4.69, 9.17) is 4.74 Å². The lowest BCUT2D eigenvalue weighted by molar-refractivity contribution is 0.341. The molecule has 2 heterocycles. The van der Waals surface area contributed by atoms with Crippen LogP contribution in [0.1, 0.15) is 19.8 Å². The molecule has 0 aliphatic carbocycles. The van der Waals surface area contributed by atoms with Crippen LogP contribution in [0.3, 0.4) is 0 Å². The summed E-state index contributed by atoms with van der Waals surface area (Å²) >= 11 is 1.77. The van der Waals surface area contributed by atoms with E-state index in [1.165, 1.54) is 17.5 Å². The van der Waals surface area contributed by atoms with Crippen molar-refractivity contribution in [2.75, 3.05) is 24.6 Å². The number of anilines is 1. The van der Waals surface area contributed by atoms with Gasteiger partial charge in [-0.2, -0.15) is 0 Å². The molecule has 0 atom stereocenters. The van der Waals surface area contributed by atoms with Crippen molar-refractivity contribution in [3.05, 3.63) is 18.2 Å². The van der Waals surface area contributed by atoms with Crippen molar-refractivity contribution < 1.29 is 4.74 Å². The van der Waals surface area contributed by atoms with E-state index in [2.05, 4.69) is 22.0 Å². The van der Waals surface area contributed by atoms with Crippen LogP contribution in [0.25, 0.3) is 10.2 Å². The Morgan fingerprint density at radius 2 is 2.11 bits per heavy atom. The van der Waals surface area contributed by atoms with Crippen LogP contribution in [-0.4, -0.2) is 24.7 Å². The first-order chi connectivity index (χ1) is 8.36. The minimum atomic E-state index is 0. The molecule has 0 N–H and O–H groups in total. The number of nitrogens with zero attached hydrogens (tertiary/aromatic N) is 2. The summed E-state index contributed by atoms with van der Waals surface area (Å²) in [6.45, 7) is 5.02. The van der Waals surface area contributed by atoms with E-state index >= 15 is 0 Å². The zero-order valence-corrected chi connectivity index (χ0v) is 12.0. The predicted molar refractivity (Wildman–Crippen MR) is 79.5 cm³/mol. The van der Waals surface area contributed by atoms with Crippen LogP contribution in [0.15, 0.2) is 18.2 Å². The van der Waals surface area contributed by atoms with Gasteiger partial charge in [-0.15, -0.1) is 12.4 Å². The second-order valence-corrected chi connectivity index (χ2v) is 5.26. The summed E-state index contributed by atoms with van der Waals surface area (Å²) in [4.78, 5) is 7.06. The van der Waals surface area contributed by atoms with E-state index in [0.717, 1.165) is 29.5 Å². The fourth-order valence-corrected chi connectivity index (χ4v) is 3.24. The Labute approximate surface area is 117 Å². The number of hydrogen-bond acceptors (Lipinski definition) is 4. The third kappa shape index (κ3) is 2.54. The summed E-state index contributed by atoms with van der Waals surface area (Å²) in [5.74, 6) is 0.941. The highest BCUT2D eigenvalue weighted by atomic mass is 35.5. The fourth-order valence-electron chi connectivity index (χ4n) is 2.19. The van der Waals surface area contributed by atoms with Crippen molar-refractivity contribution in [3.8, 4) is 5.75 Å². The molecular formula is C13H17ClN2OS. The fraction of sp³-hybridized carbons (Fsp3) is 0.462. The number of rotatable bonds is 3. The second-order valence-electron chi connectivity index (χ2n) is 4.25. The summed E-state index contributed by atoms with van der Waals surface area (Å²) in [6.07, 6.45) is 2.58. The molecule has 3 nitrogen and oxygen atoms in total. The molecule has 98 valence electrons. The number of thiazole rings is 1. The third-order valence-electron chi connectivity index (χ3n) is 3.04. The van der Waals surface area contributed by atoms with Gasteiger partial charge in [-0.25, -0.2) is 4.98 Å². The highest BCUT2D eigenvalue weighted by Gasteiger charge is 2.16. The van der Waals surface area contributed by atoms with E-state index in [9.17, 15) is 0 Å². The number of halogens is 1. The Morgan fingerprint density at radius 1 is 1.33 bits per heavy atom. The molecule has 3 rings (SSSR count). The molecule has 0 spiro atoms. The van der Waals surface area contributed by atoms with Gasteiger partial charge in [0.25, 0.3) is 0 Å². The largest absolute Gasteiger partial charge is 0.494 e. The van der Waals surface area contributed by atoms with E-state index in [-0.39, 0.29) is 12.4 Å². The average molecular weight is 285 g/mol. The molecule has 0 bridgehead atoms. The second kappa shape index (κ2) is 5.76. The molecule has 0 unspecified atom stereocenters. The Morgan fingerprint density at radius 3 is 2.83 bits per heavy atom. The molecule has 0 saturated carbocycles. The zero-order valence-electron chi connectivity index (χ0n) is 10.4. The van der Waals surface area contributed by atoms with Gasteiger partial charge in [0, 0.05) is 13.1 Å². The summed E-state index contributed by atoms with van der Waals surface area (Å²) in [7, 11) is 0. The molecule has 1 aliphatic heterocycles. The molecule has 1 aliphatic rings. The number of ether oxygens (including phenoxy) is 1. The molecule has 1 aromatic carbocycles. The minimum Gasteiger partial charge on any atom is -0.494 e. The first-order valence-electron chi connectivity index (χ1n) is 6.15. The van der Waals surface area contributed by atoms with Gasteiger partial charge in [0.2, 0.25) is 0 Å². The summed E-state index contributed by atoms with van der Waals surface area (Å²) in [5, 5.41) is 1.16. The van der Waals surface area contributed by atoms with E-state index in [1.807, 2.05) is 13.0 Å². The summed E-state index contributed by atoms with van der Waals surface area (Å²) < 4.78 is 6.73. The van der Waals surface area contributed by atoms with Crippen LogP contribution in [0.2, 0.25) is 0 Å². The number of fused-ring (bicyclic) bond motifs is 1. The van der Waals surface area contributed by atoms with Crippen molar-refractivity contribution in [2.24, 2.45) is 0 Å². The van der Waals surface area contributed by atoms with E-state index in [0.29, 0.717) is 6.61 Å². The molecule has 1 aromatic heterocycles. The van der Waals surface area contributed by atoms with Crippen LogP contribution in [0, 0.1) is 0 Å². The van der Waals surface area contributed by atoms with Crippen LogP contribution in [0.5, 0.6) is 5.75 Å². The van der Waals surface area contributed by atoms with Crippen molar-refractivity contribution in [3.63, 3.8) is 0 Å². The molecule has 1 saturated heterocycles. The van der Waals surface area contributed by atoms with E-state index in [1.54, 1.807) is 11.3 Å². The van der Waals surface area contributed by atoms with Gasteiger partial charge in [0.15, 0.2) is 5.13 Å². The highest BCUT2D eigenvalue weighted by Crippen LogP contribution is 2.32. The number of hydrogen-bond donors (Lipinski definition) is 0. The SMILES string of the molecule is CCOc1ccc2nc(N3CCCC3)sc2c1.Cl. The van der Waals surface area contributed by atoms with Gasteiger partial charge in [-0.3, -0.25) is 0 Å². The van der Waals surface area contributed by atoms with Crippen molar-refractivity contribution >= 4 is 39.1 Å². The van der Waals surface area contributed by atoms with Gasteiger partial charge in [-0.1, -0.05) is 11.3 Å². The third-order valence-corrected chi connectivity index (χ3v) is 4.12. The van der Waals surface area contributed by atoms with Gasteiger partial charge < -0.3 is 9.64 Å². The minimum absolute atomic E-state index is 0. The Bertz CT molecular complexity index is 523. The van der Waals surface area contributed by atoms with Gasteiger partial charge >= 0.3 is 0 Å². The first kappa shape index (κ1) is 13.4. The zero-order chi connectivity index (χ0) is 11.7. The van der Waals surface area contributed by atoms with Crippen molar-refractivity contribution in [1.82, 2.24) is 4.98 Å². The molecule has 18 heavy (non-hydrogen) atoms. The lowest BCUT2D eigenvalue weighted by Crippen LogP contribution is -2.16. The molecule has 0 radical (unpaired) electrons. The Balaban J connectivity index is 0.00000120.